The molecule has 1 aliphatic rings. The Morgan fingerprint density at radius 2 is 2.09 bits per heavy atom. The highest BCUT2D eigenvalue weighted by atomic mass is 19.1. The van der Waals surface area contributed by atoms with E-state index >= 15 is 0 Å². The first kappa shape index (κ1) is 17.9. The molecule has 4 heteroatoms. The number of amides is 1. The second-order valence-corrected chi connectivity index (χ2v) is 6.42. The number of nitrogens with one attached hydrogen (secondary N) is 1. The second kappa shape index (κ2) is 9.66. The Balaban J connectivity index is 1.58. The lowest BCUT2D eigenvalue weighted by Crippen LogP contribution is -2.40. The molecule has 0 aliphatic carbocycles. The van der Waals surface area contributed by atoms with E-state index in [4.69, 9.17) is 0 Å². The van der Waals surface area contributed by atoms with Crippen LogP contribution in [0.1, 0.15) is 51.0 Å². The molecule has 1 N–H and O–H groups in total. The number of piperidine rings is 1. The average molecular weight is 320 g/mol. The molecule has 128 valence electrons. The first-order valence-corrected chi connectivity index (χ1v) is 8.94. The van der Waals surface area contributed by atoms with Crippen molar-refractivity contribution in [3.63, 3.8) is 0 Å². The molecule has 1 heterocycles. The van der Waals surface area contributed by atoms with Crippen LogP contribution in [0.5, 0.6) is 0 Å². The first-order valence-electron chi connectivity index (χ1n) is 8.94. The molecular formula is C19H29FN2O. The van der Waals surface area contributed by atoms with E-state index in [1.807, 2.05) is 0 Å². The zero-order valence-electron chi connectivity index (χ0n) is 14.2. The fourth-order valence-electron chi connectivity index (χ4n) is 3.32. The van der Waals surface area contributed by atoms with Gasteiger partial charge in [-0.05, 0) is 56.3 Å². The van der Waals surface area contributed by atoms with Crippen LogP contribution in [-0.2, 0) is 11.2 Å². The number of nitrogens with zero attached hydrogens (tertiary/aromatic N) is 1. The van der Waals surface area contributed by atoms with Gasteiger partial charge in [0.1, 0.15) is 5.82 Å². The van der Waals surface area contributed by atoms with Gasteiger partial charge in [0, 0.05) is 25.6 Å². The Morgan fingerprint density at radius 3 is 2.83 bits per heavy atom. The van der Waals surface area contributed by atoms with Crippen molar-refractivity contribution in [3.8, 4) is 0 Å². The summed E-state index contributed by atoms with van der Waals surface area (Å²) in [5, 5.41) is 3.00. The lowest BCUT2D eigenvalue weighted by Gasteiger charge is -2.35. The Hall–Kier alpha value is -1.42. The maximum atomic E-state index is 12.8. The molecule has 0 aromatic heterocycles. The minimum Gasteiger partial charge on any atom is -0.356 e. The van der Waals surface area contributed by atoms with E-state index in [0.717, 1.165) is 31.1 Å². The van der Waals surface area contributed by atoms with Gasteiger partial charge >= 0.3 is 0 Å². The molecule has 0 unspecified atom stereocenters. The van der Waals surface area contributed by atoms with Crippen molar-refractivity contribution in [1.82, 2.24) is 10.2 Å². The van der Waals surface area contributed by atoms with E-state index in [1.165, 1.54) is 44.4 Å². The Bertz CT molecular complexity index is 475. The number of benzene rings is 1. The molecule has 2 rings (SSSR count). The van der Waals surface area contributed by atoms with E-state index < -0.39 is 0 Å². The summed E-state index contributed by atoms with van der Waals surface area (Å²) in [6.45, 7) is 5.29. The van der Waals surface area contributed by atoms with Crippen LogP contribution < -0.4 is 5.32 Å². The first-order chi connectivity index (χ1) is 11.2. The molecule has 0 saturated carbocycles. The highest BCUT2D eigenvalue weighted by molar-refractivity contribution is 5.76. The number of hydrogen-bond donors (Lipinski definition) is 1. The summed E-state index contributed by atoms with van der Waals surface area (Å²) in [7, 11) is 0. The molecule has 0 spiro atoms. The van der Waals surface area contributed by atoms with Crippen molar-refractivity contribution in [2.24, 2.45) is 0 Å². The smallest absolute Gasteiger partial charge is 0.220 e. The van der Waals surface area contributed by atoms with Gasteiger partial charge in [-0.15, -0.1) is 0 Å². The highest BCUT2D eigenvalue weighted by Crippen LogP contribution is 2.19. The van der Waals surface area contributed by atoms with Gasteiger partial charge in [-0.3, -0.25) is 4.79 Å². The average Bonchev–Trinajstić information content (AvgIpc) is 2.58. The van der Waals surface area contributed by atoms with Crippen molar-refractivity contribution >= 4 is 5.91 Å². The number of halogens is 1. The van der Waals surface area contributed by atoms with Gasteiger partial charge in [-0.2, -0.15) is 0 Å². The fraction of sp³-hybridized carbons (Fsp3) is 0.632. The third-order valence-corrected chi connectivity index (χ3v) is 4.72. The molecule has 1 amide bonds. The van der Waals surface area contributed by atoms with Crippen LogP contribution in [0.2, 0.25) is 0 Å². The SMILES string of the molecule is CC[C@H]1CCCCN1CCCNC(=O)CCc1ccc(F)cc1. The summed E-state index contributed by atoms with van der Waals surface area (Å²) in [6, 6.07) is 7.10. The quantitative estimate of drug-likeness (QED) is 0.743. The predicted molar refractivity (Wildman–Crippen MR) is 91.9 cm³/mol. The lowest BCUT2D eigenvalue weighted by atomic mass is 10.00. The van der Waals surface area contributed by atoms with Crippen LogP contribution in [0.3, 0.4) is 0 Å². The second-order valence-electron chi connectivity index (χ2n) is 6.42. The molecule has 1 aliphatic heterocycles. The third kappa shape index (κ3) is 6.30. The standard InChI is InChI=1S/C19H29FN2O/c1-2-18-6-3-4-14-22(18)15-5-13-21-19(23)12-9-16-7-10-17(20)11-8-16/h7-8,10-11,18H,2-6,9,12-15H2,1H3,(H,21,23)/t18-/m0/s1. The minimum atomic E-state index is -0.235. The van der Waals surface area contributed by atoms with Crippen molar-refractivity contribution in [2.75, 3.05) is 19.6 Å². The summed E-state index contributed by atoms with van der Waals surface area (Å²) in [4.78, 5) is 14.4. The van der Waals surface area contributed by atoms with Crippen LogP contribution >= 0.6 is 0 Å². The number of likely N-dealkylation sites (tertiary alicyclic amines) is 1. The molecule has 1 aromatic rings. The van der Waals surface area contributed by atoms with Crippen LogP contribution in [0.4, 0.5) is 4.39 Å². The molecule has 1 atom stereocenters. The molecule has 23 heavy (non-hydrogen) atoms. The summed E-state index contributed by atoms with van der Waals surface area (Å²) >= 11 is 0. The number of carbonyl (C=O) groups is 1. The molecular weight excluding hydrogens is 291 g/mol. The van der Waals surface area contributed by atoms with Gasteiger partial charge in [0.15, 0.2) is 0 Å². The van der Waals surface area contributed by atoms with E-state index in [-0.39, 0.29) is 11.7 Å². The van der Waals surface area contributed by atoms with Gasteiger partial charge in [0.2, 0.25) is 5.91 Å². The van der Waals surface area contributed by atoms with Gasteiger partial charge < -0.3 is 10.2 Å². The fourth-order valence-corrected chi connectivity index (χ4v) is 3.32. The number of aryl methyl sites for hydroxylation is 1. The van der Waals surface area contributed by atoms with Gasteiger partial charge in [0.25, 0.3) is 0 Å². The maximum absolute atomic E-state index is 12.8. The van der Waals surface area contributed by atoms with Crippen molar-refractivity contribution in [1.29, 1.82) is 0 Å². The topological polar surface area (TPSA) is 32.3 Å². The number of rotatable bonds is 8. The number of carbonyl (C=O) groups excluding carboxylic acids is 1. The normalized spacial score (nSPS) is 18.8. The Labute approximate surface area is 139 Å². The van der Waals surface area contributed by atoms with Crippen molar-refractivity contribution in [2.45, 2.75) is 57.9 Å². The Kier molecular flexibility index (Phi) is 7.53. The van der Waals surface area contributed by atoms with E-state index in [2.05, 4.69) is 17.1 Å². The third-order valence-electron chi connectivity index (χ3n) is 4.72. The van der Waals surface area contributed by atoms with E-state index in [1.54, 1.807) is 12.1 Å². The molecule has 0 bridgehead atoms. The largest absolute Gasteiger partial charge is 0.356 e. The maximum Gasteiger partial charge on any atom is 0.220 e. The zero-order valence-corrected chi connectivity index (χ0v) is 14.2. The summed E-state index contributed by atoms with van der Waals surface area (Å²) < 4.78 is 12.8. The van der Waals surface area contributed by atoms with Gasteiger partial charge in [0.05, 0.1) is 0 Å². The monoisotopic (exact) mass is 320 g/mol. The highest BCUT2D eigenvalue weighted by Gasteiger charge is 2.19. The molecule has 1 aromatic carbocycles. The Morgan fingerprint density at radius 1 is 1.30 bits per heavy atom. The van der Waals surface area contributed by atoms with Crippen molar-refractivity contribution in [3.05, 3.63) is 35.6 Å². The summed E-state index contributed by atoms with van der Waals surface area (Å²) in [6.07, 6.45) is 7.35. The van der Waals surface area contributed by atoms with Crippen LogP contribution in [0.15, 0.2) is 24.3 Å². The van der Waals surface area contributed by atoms with Gasteiger partial charge in [-0.25, -0.2) is 4.39 Å². The zero-order chi connectivity index (χ0) is 16.5. The molecule has 3 nitrogen and oxygen atoms in total. The molecule has 0 radical (unpaired) electrons. The van der Waals surface area contributed by atoms with Crippen LogP contribution in [-0.4, -0.2) is 36.5 Å². The lowest BCUT2D eigenvalue weighted by molar-refractivity contribution is -0.121. The van der Waals surface area contributed by atoms with Crippen LogP contribution in [0, 0.1) is 5.82 Å². The summed E-state index contributed by atoms with van der Waals surface area (Å²) in [5.41, 5.74) is 1.00. The van der Waals surface area contributed by atoms with Crippen LogP contribution in [0.25, 0.3) is 0 Å². The molecule has 1 fully saturated rings. The minimum absolute atomic E-state index is 0.0833. The molecule has 1 saturated heterocycles. The van der Waals surface area contributed by atoms with Crippen molar-refractivity contribution < 1.29 is 9.18 Å². The van der Waals surface area contributed by atoms with E-state index in [0.29, 0.717) is 12.8 Å². The number of hydrogen-bond acceptors (Lipinski definition) is 2. The summed E-state index contributed by atoms with van der Waals surface area (Å²) in [5.74, 6) is -0.152. The van der Waals surface area contributed by atoms with Gasteiger partial charge in [-0.1, -0.05) is 25.5 Å². The predicted octanol–water partition coefficient (Wildman–Crippen LogP) is 3.53. The van der Waals surface area contributed by atoms with E-state index in [9.17, 15) is 9.18 Å².